The third kappa shape index (κ3) is 5.25. The number of aromatic nitrogens is 2. The van der Waals surface area contributed by atoms with E-state index in [1.54, 1.807) is 0 Å². The number of hydrogen-bond acceptors (Lipinski definition) is 5. The van der Waals surface area contributed by atoms with E-state index in [1.807, 2.05) is 0 Å². The van der Waals surface area contributed by atoms with Crippen molar-refractivity contribution in [2.45, 2.75) is 11.1 Å². The first kappa shape index (κ1) is 19.3. The van der Waals surface area contributed by atoms with E-state index in [9.17, 15) is 26.0 Å². The number of anilines is 1. The van der Waals surface area contributed by atoms with Crippen LogP contribution in [0.15, 0.2) is 35.4 Å². The van der Waals surface area contributed by atoms with Gasteiger partial charge in [0.15, 0.2) is 0 Å². The minimum absolute atomic E-state index is 0.0739. The van der Waals surface area contributed by atoms with Gasteiger partial charge < -0.3 is 5.32 Å². The lowest BCUT2D eigenvalue weighted by Gasteiger charge is -2.10. The second-order valence-corrected chi connectivity index (χ2v) is 6.84. The summed E-state index contributed by atoms with van der Waals surface area (Å²) in [6.07, 6.45) is -3.67. The standard InChI is InChI=1S/C13H11ClF4N4O2S/c14-9-7-8(1-2-10(9)15)25(23,24)21-6-5-20-12-19-4-3-11(22-12)13(16,17)18/h1-4,7,21H,5-6H2,(H,19,20,22). The molecule has 0 amide bonds. The molecule has 0 saturated carbocycles. The fraction of sp³-hybridized carbons (Fsp3) is 0.231. The molecule has 2 rings (SSSR count). The maximum atomic E-state index is 13.0. The average molecular weight is 399 g/mol. The molecule has 1 aromatic heterocycles. The smallest absolute Gasteiger partial charge is 0.353 e. The molecule has 2 aromatic rings. The van der Waals surface area contributed by atoms with Crippen LogP contribution in [0.3, 0.4) is 0 Å². The number of nitrogens with zero attached hydrogens (tertiary/aromatic N) is 2. The molecule has 0 aliphatic carbocycles. The first-order valence-corrected chi connectivity index (χ1v) is 8.54. The zero-order chi connectivity index (χ0) is 18.7. The van der Waals surface area contributed by atoms with E-state index in [0.717, 1.165) is 24.4 Å². The predicted molar refractivity (Wildman–Crippen MR) is 82.1 cm³/mol. The topological polar surface area (TPSA) is 84.0 Å². The van der Waals surface area contributed by atoms with Crippen LogP contribution in [0.25, 0.3) is 0 Å². The zero-order valence-corrected chi connectivity index (χ0v) is 13.9. The van der Waals surface area contributed by atoms with Crippen molar-refractivity contribution in [3.63, 3.8) is 0 Å². The molecule has 12 heteroatoms. The molecule has 0 fully saturated rings. The van der Waals surface area contributed by atoms with Gasteiger partial charge in [0.25, 0.3) is 0 Å². The van der Waals surface area contributed by atoms with Crippen molar-refractivity contribution < 1.29 is 26.0 Å². The Morgan fingerprint density at radius 1 is 1.16 bits per heavy atom. The summed E-state index contributed by atoms with van der Waals surface area (Å²) in [5.41, 5.74) is -1.12. The summed E-state index contributed by atoms with van der Waals surface area (Å²) >= 11 is 5.52. The molecule has 25 heavy (non-hydrogen) atoms. The quantitative estimate of drug-likeness (QED) is 0.577. The molecule has 1 heterocycles. The van der Waals surface area contributed by atoms with Gasteiger partial charge in [-0.2, -0.15) is 13.2 Å². The highest BCUT2D eigenvalue weighted by Gasteiger charge is 2.32. The van der Waals surface area contributed by atoms with E-state index < -0.39 is 27.7 Å². The van der Waals surface area contributed by atoms with E-state index >= 15 is 0 Å². The van der Waals surface area contributed by atoms with Gasteiger partial charge in [0.2, 0.25) is 16.0 Å². The highest BCUT2D eigenvalue weighted by molar-refractivity contribution is 7.89. The van der Waals surface area contributed by atoms with Gasteiger partial charge in [-0.1, -0.05) is 11.6 Å². The monoisotopic (exact) mass is 398 g/mol. The molecular weight excluding hydrogens is 388 g/mol. The van der Waals surface area contributed by atoms with Crippen LogP contribution >= 0.6 is 11.6 Å². The Kier molecular flexibility index (Phi) is 5.80. The highest BCUT2D eigenvalue weighted by Crippen LogP contribution is 2.27. The van der Waals surface area contributed by atoms with Crippen LogP contribution in [-0.2, 0) is 16.2 Å². The summed E-state index contributed by atoms with van der Waals surface area (Å²) in [5, 5.41) is 2.12. The molecule has 0 atom stereocenters. The summed E-state index contributed by atoms with van der Waals surface area (Å²) in [7, 11) is -3.95. The lowest BCUT2D eigenvalue weighted by atomic mass is 10.3. The second-order valence-electron chi connectivity index (χ2n) is 4.66. The van der Waals surface area contributed by atoms with Gasteiger partial charge in [-0.15, -0.1) is 0 Å². The van der Waals surface area contributed by atoms with Crippen LogP contribution in [-0.4, -0.2) is 31.5 Å². The molecular formula is C13H11ClF4N4O2S. The summed E-state index contributed by atoms with van der Waals surface area (Å²) in [5.74, 6) is -1.05. The van der Waals surface area contributed by atoms with Crippen LogP contribution in [0.1, 0.15) is 5.69 Å². The van der Waals surface area contributed by atoms with Gasteiger partial charge in [0.05, 0.1) is 9.92 Å². The molecule has 2 N–H and O–H groups in total. The van der Waals surface area contributed by atoms with Crippen LogP contribution in [0.4, 0.5) is 23.5 Å². The lowest BCUT2D eigenvalue weighted by Crippen LogP contribution is -2.29. The number of nitrogens with one attached hydrogen (secondary N) is 2. The van der Waals surface area contributed by atoms with E-state index in [0.29, 0.717) is 6.07 Å². The minimum atomic E-state index is -4.61. The van der Waals surface area contributed by atoms with Crippen LogP contribution < -0.4 is 10.0 Å². The number of benzene rings is 1. The van der Waals surface area contributed by atoms with E-state index in [4.69, 9.17) is 11.6 Å². The van der Waals surface area contributed by atoms with Crippen molar-refractivity contribution >= 4 is 27.6 Å². The Bertz CT molecular complexity index is 861. The number of alkyl halides is 3. The Balaban J connectivity index is 1.93. The molecule has 0 unspecified atom stereocenters. The molecule has 0 aliphatic rings. The van der Waals surface area contributed by atoms with Gasteiger partial charge in [0.1, 0.15) is 11.5 Å². The van der Waals surface area contributed by atoms with Crippen molar-refractivity contribution in [1.29, 1.82) is 0 Å². The minimum Gasteiger partial charge on any atom is -0.353 e. The van der Waals surface area contributed by atoms with Crippen LogP contribution in [0.5, 0.6) is 0 Å². The Hall–Kier alpha value is -1.98. The van der Waals surface area contributed by atoms with Crippen LogP contribution in [0, 0.1) is 5.82 Å². The summed E-state index contributed by atoms with van der Waals surface area (Å²) in [6.45, 7) is -0.244. The van der Waals surface area contributed by atoms with Crippen molar-refractivity contribution in [2.24, 2.45) is 0 Å². The molecule has 1 aromatic carbocycles. The van der Waals surface area contributed by atoms with Crippen molar-refractivity contribution in [2.75, 3.05) is 18.4 Å². The van der Waals surface area contributed by atoms with Gasteiger partial charge >= 0.3 is 6.18 Å². The second kappa shape index (κ2) is 7.50. The summed E-state index contributed by atoms with van der Waals surface area (Å²) in [4.78, 5) is 6.64. The van der Waals surface area contributed by atoms with Crippen LogP contribution in [0.2, 0.25) is 5.02 Å². The lowest BCUT2D eigenvalue weighted by molar-refractivity contribution is -0.141. The average Bonchev–Trinajstić information content (AvgIpc) is 2.53. The van der Waals surface area contributed by atoms with E-state index in [-0.39, 0.29) is 29.0 Å². The molecule has 0 bridgehead atoms. The van der Waals surface area contributed by atoms with Gasteiger partial charge in [-0.3, -0.25) is 0 Å². The summed E-state index contributed by atoms with van der Waals surface area (Å²) < 4.78 is 76.8. The number of rotatable bonds is 6. The predicted octanol–water partition coefficient (Wildman–Crippen LogP) is 2.68. The largest absolute Gasteiger partial charge is 0.433 e. The molecule has 0 saturated heterocycles. The third-order valence-electron chi connectivity index (χ3n) is 2.85. The molecule has 0 spiro atoms. The van der Waals surface area contributed by atoms with Gasteiger partial charge in [-0.05, 0) is 24.3 Å². The van der Waals surface area contributed by atoms with E-state index in [1.165, 1.54) is 0 Å². The molecule has 0 radical (unpaired) electrons. The van der Waals surface area contributed by atoms with Crippen molar-refractivity contribution in [3.05, 3.63) is 47.0 Å². The maximum Gasteiger partial charge on any atom is 0.433 e. The molecule has 6 nitrogen and oxygen atoms in total. The number of halogens is 5. The highest BCUT2D eigenvalue weighted by atomic mass is 35.5. The Morgan fingerprint density at radius 2 is 1.88 bits per heavy atom. The summed E-state index contributed by atoms with van der Waals surface area (Å²) in [6, 6.07) is 3.60. The normalized spacial score (nSPS) is 12.2. The molecule has 136 valence electrons. The fourth-order valence-corrected chi connectivity index (χ4v) is 2.99. The number of hydrogen-bond donors (Lipinski definition) is 2. The van der Waals surface area contributed by atoms with E-state index in [2.05, 4.69) is 20.0 Å². The van der Waals surface area contributed by atoms with Crippen molar-refractivity contribution in [1.82, 2.24) is 14.7 Å². The SMILES string of the molecule is O=S(=O)(NCCNc1nccc(C(F)(F)F)n1)c1ccc(F)c(Cl)c1. The Morgan fingerprint density at radius 3 is 2.52 bits per heavy atom. The fourth-order valence-electron chi connectivity index (χ4n) is 1.69. The van der Waals surface area contributed by atoms with Crippen molar-refractivity contribution in [3.8, 4) is 0 Å². The maximum absolute atomic E-state index is 13.0. The third-order valence-corrected chi connectivity index (χ3v) is 4.60. The Labute approximate surface area is 145 Å². The van der Waals surface area contributed by atoms with Gasteiger partial charge in [-0.25, -0.2) is 27.5 Å². The zero-order valence-electron chi connectivity index (χ0n) is 12.3. The van der Waals surface area contributed by atoms with Gasteiger partial charge in [0, 0.05) is 19.3 Å². The number of sulfonamides is 1. The molecule has 0 aliphatic heterocycles. The first-order chi connectivity index (χ1) is 11.6. The first-order valence-electron chi connectivity index (χ1n) is 6.68.